The van der Waals surface area contributed by atoms with Crippen LogP contribution in [-0.2, 0) is 11.2 Å². The number of carbonyl (C=O) groups excluding carboxylic acids is 1. The summed E-state index contributed by atoms with van der Waals surface area (Å²) in [6, 6.07) is 5.02. The number of pyridine rings is 1. The minimum Gasteiger partial charge on any atom is -0.440 e. The number of anilines is 1. The van der Waals surface area contributed by atoms with E-state index in [0.29, 0.717) is 18.6 Å². The molecule has 6 nitrogen and oxygen atoms in total. The molecule has 1 saturated heterocycles. The molecule has 3 rings (SSSR count). The van der Waals surface area contributed by atoms with Crippen molar-refractivity contribution < 1.29 is 9.53 Å². The second kappa shape index (κ2) is 6.12. The van der Waals surface area contributed by atoms with E-state index in [4.69, 9.17) is 9.72 Å². The Morgan fingerprint density at radius 2 is 2.36 bits per heavy atom. The van der Waals surface area contributed by atoms with Gasteiger partial charge in [-0.15, -0.1) is 0 Å². The van der Waals surface area contributed by atoms with Crippen molar-refractivity contribution in [1.82, 2.24) is 15.6 Å². The molecule has 2 aliphatic rings. The Kier molecular flexibility index (Phi) is 4.20. The number of hydrogen-bond donors (Lipinski definition) is 2. The van der Waals surface area contributed by atoms with Crippen molar-refractivity contribution in [3.05, 3.63) is 23.4 Å². The first-order valence-electron chi connectivity index (χ1n) is 8.03. The highest BCUT2D eigenvalue weighted by molar-refractivity contribution is 5.67. The summed E-state index contributed by atoms with van der Waals surface area (Å²) in [7, 11) is 0. The van der Waals surface area contributed by atoms with Crippen LogP contribution in [0.1, 0.15) is 38.1 Å². The molecule has 0 unspecified atom stereocenters. The predicted molar refractivity (Wildman–Crippen MR) is 85.1 cm³/mol. The molecule has 1 fully saturated rings. The summed E-state index contributed by atoms with van der Waals surface area (Å²) in [5.41, 5.74) is 2.09. The fraction of sp³-hybridized carbons (Fsp3) is 0.625. The number of nitrogens with one attached hydrogen (secondary N) is 2. The number of alkyl carbamates (subject to hydrolysis) is 1. The fourth-order valence-electron chi connectivity index (χ4n) is 3.33. The Balaban J connectivity index is 1.79. The molecular formula is C16H24N4O2. The molecule has 3 atom stereocenters. The summed E-state index contributed by atoms with van der Waals surface area (Å²) in [4.78, 5) is 18.8. The van der Waals surface area contributed by atoms with E-state index in [2.05, 4.69) is 28.5 Å². The zero-order valence-electron chi connectivity index (χ0n) is 13.4. The summed E-state index contributed by atoms with van der Waals surface area (Å²) in [6.07, 6.45) is 0.283. The number of fused-ring (bicyclic) bond motifs is 3. The van der Waals surface area contributed by atoms with Crippen LogP contribution >= 0.6 is 0 Å². The second-order valence-electron chi connectivity index (χ2n) is 6.07. The zero-order valence-corrected chi connectivity index (χ0v) is 13.4. The standard InChI is InChI=1S/C16H24N4O2/c1-4-18-16(21)22-11(3)14-6-5-12-7-13-9-17-8-10(2)20(13)15(12)19-14/h5-6,10-11,13,17H,4,7-9H2,1-3H3,(H,18,21)/t10-,11+,13-/m1/s1. The molecule has 2 N–H and O–H groups in total. The summed E-state index contributed by atoms with van der Waals surface area (Å²) in [5, 5.41) is 6.11. The van der Waals surface area contributed by atoms with Gasteiger partial charge in [0.25, 0.3) is 0 Å². The van der Waals surface area contributed by atoms with E-state index in [1.807, 2.05) is 19.9 Å². The number of carbonyl (C=O) groups is 1. The highest BCUT2D eigenvalue weighted by Crippen LogP contribution is 2.34. The van der Waals surface area contributed by atoms with E-state index in [0.717, 1.165) is 31.0 Å². The highest BCUT2D eigenvalue weighted by atomic mass is 16.6. The van der Waals surface area contributed by atoms with Gasteiger partial charge in [0.05, 0.1) is 5.69 Å². The van der Waals surface area contributed by atoms with E-state index in [1.165, 1.54) is 5.56 Å². The van der Waals surface area contributed by atoms with Crippen LogP contribution in [-0.4, -0.2) is 42.8 Å². The minimum absolute atomic E-state index is 0.353. The lowest BCUT2D eigenvalue weighted by molar-refractivity contribution is 0.105. The summed E-state index contributed by atoms with van der Waals surface area (Å²) < 4.78 is 5.36. The van der Waals surface area contributed by atoms with Crippen molar-refractivity contribution in [2.75, 3.05) is 24.5 Å². The molecule has 1 aromatic rings. The van der Waals surface area contributed by atoms with Crippen LogP contribution < -0.4 is 15.5 Å². The molecule has 0 saturated carbocycles. The third-order valence-electron chi connectivity index (χ3n) is 4.39. The minimum atomic E-state index is -0.397. The molecule has 0 aromatic carbocycles. The van der Waals surface area contributed by atoms with Gasteiger partial charge in [-0.3, -0.25) is 0 Å². The average molecular weight is 304 g/mol. The van der Waals surface area contributed by atoms with Crippen LogP contribution in [0.2, 0.25) is 0 Å². The van der Waals surface area contributed by atoms with E-state index >= 15 is 0 Å². The number of nitrogens with zero attached hydrogens (tertiary/aromatic N) is 2. The lowest BCUT2D eigenvalue weighted by Crippen LogP contribution is -2.55. The quantitative estimate of drug-likeness (QED) is 0.888. The molecule has 0 aliphatic carbocycles. The molecule has 6 heteroatoms. The van der Waals surface area contributed by atoms with Crippen LogP contribution in [0.4, 0.5) is 10.6 Å². The normalized spacial score (nSPS) is 24.4. The Morgan fingerprint density at radius 3 is 3.14 bits per heavy atom. The summed E-state index contributed by atoms with van der Waals surface area (Å²) >= 11 is 0. The third-order valence-corrected chi connectivity index (χ3v) is 4.39. The van der Waals surface area contributed by atoms with E-state index in [-0.39, 0.29) is 6.10 Å². The molecule has 22 heavy (non-hydrogen) atoms. The highest BCUT2D eigenvalue weighted by Gasteiger charge is 2.36. The molecule has 0 radical (unpaired) electrons. The zero-order chi connectivity index (χ0) is 15.7. The fourth-order valence-corrected chi connectivity index (χ4v) is 3.33. The van der Waals surface area contributed by atoms with Crippen LogP contribution in [0, 0.1) is 0 Å². The molecule has 0 spiro atoms. The van der Waals surface area contributed by atoms with E-state index in [1.54, 1.807) is 0 Å². The molecular weight excluding hydrogens is 280 g/mol. The van der Waals surface area contributed by atoms with Crippen LogP contribution in [0.15, 0.2) is 12.1 Å². The van der Waals surface area contributed by atoms with Crippen molar-refractivity contribution in [3.8, 4) is 0 Å². The molecule has 1 amide bonds. The first-order chi connectivity index (χ1) is 10.6. The van der Waals surface area contributed by atoms with Gasteiger partial charge in [-0.05, 0) is 38.8 Å². The number of ether oxygens (including phenoxy) is 1. The van der Waals surface area contributed by atoms with Crippen molar-refractivity contribution in [2.45, 2.75) is 45.4 Å². The first kappa shape index (κ1) is 15.1. The lowest BCUT2D eigenvalue weighted by atomic mass is 10.1. The SMILES string of the molecule is CCNC(=O)O[C@@H](C)c1ccc2c(n1)N1[C@@H](CNC[C@H]1C)C2. The Hall–Kier alpha value is -1.82. The van der Waals surface area contributed by atoms with Crippen molar-refractivity contribution in [2.24, 2.45) is 0 Å². The maximum Gasteiger partial charge on any atom is 0.407 e. The van der Waals surface area contributed by atoms with Crippen LogP contribution in [0.5, 0.6) is 0 Å². The molecule has 2 aliphatic heterocycles. The smallest absolute Gasteiger partial charge is 0.407 e. The van der Waals surface area contributed by atoms with Crippen molar-refractivity contribution in [1.29, 1.82) is 0 Å². The molecule has 3 heterocycles. The Morgan fingerprint density at radius 1 is 1.55 bits per heavy atom. The molecule has 1 aromatic heterocycles. The van der Waals surface area contributed by atoms with Gasteiger partial charge < -0.3 is 20.3 Å². The van der Waals surface area contributed by atoms with Crippen molar-refractivity contribution >= 4 is 11.9 Å². The maximum absolute atomic E-state index is 11.6. The van der Waals surface area contributed by atoms with E-state index in [9.17, 15) is 4.79 Å². The average Bonchev–Trinajstić information content (AvgIpc) is 2.86. The molecule has 120 valence electrons. The number of hydrogen-bond acceptors (Lipinski definition) is 5. The second-order valence-corrected chi connectivity index (χ2v) is 6.07. The predicted octanol–water partition coefficient (Wildman–Crippen LogP) is 1.61. The van der Waals surface area contributed by atoms with Gasteiger partial charge in [0.2, 0.25) is 0 Å². The monoisotopic (exact) mass is 304 g/mol. The Bertz CT molecular complexity index is 563. The van der Waals surface area contributed by atoms with E-state index < -0.39 is 6.09 Å². The van der Waals surface area contributed by atoms with Gasteiger partial charge in [-0.1, -0.05) is 6.07 Å². The number of amides is 1. The van der Waals surface area contributed by atoms with Gasteiger partial charge in [0.1, 0.15) is 11.9 Å². The lowest BCUT2D eigenvalue weighted by Gasteiger charge is -2.37. The first-order valence-corrected chi connectivity index (χ1v) is 8.03. The van der Waals surface area contributed by atoms with Gasteiger partial charge in [-0.25, -0.2) is 9.78 Å². The number of aromatic nitrogens is 1. The van der Waals surface area contributed by atoms with Gasteiger partial charge in [0.15, 0.2) is 0 Å². The largest absolute Gasteiger partial charge is 0.440 e. The molecule has 0 bridgehead atoms. The summed E-state index contributed by atoms with van der Waals surface area (Å²) in [5.74, 6) is 1.06. The summed E-state index contributed by atoms with van der Waals surface area (Å²) in [6.45, 7) is 8.48. The van der Waals surface area contributed by atoms with Gasteiger partial charge in [0, 0.05) is 31.7 Å². The number of piperazine rings is 1. The van der Waals surface area contributed by atoms with Crippen molar-refractivity contribution in [3.63, 3.8) is 0 Å². The van der Waals surface area contributed by atoms with Crippen LogP contribution in [0.3, 0.4) is 0 Å². The topological polar surface area (TPSA) is 66.5 Å². The van der Waals surface area contributed by atoms with Gasteiger partial charge in [-0.2, -0.15) is 0 Å². The Labute approximate surface area is 131 Å². The van der Waals surface area contributed by atoms with Crippen LogP contribution in [0.25, 0.3) is 0 Å². The third kappa shape index (κ3) is 2.75. The number of rotatable bonds is 3. The van der Waals surface area contributed by atoms with Gasteiger partial charge >= 0.3 is 6.09 Å². The maximum atomic E-state index is 11.6.